The second kappa shape index (κ2) is 4.82. The molecule has 1 atom stereocenters. The van der Waals surface area contributed by atoms with Gasteiger partial charge in [0.05, 0.1) is 11.5 Å². The maximum absolute atomic E-state index is 11.5. The van der Waals surface area contributed by atoms with E-state index in [1.165, 1.54) is 7.05 Å². The van der Waals surface area contributed by atoms with E-state index in [0.717, 1.165) is 4.90 Å². The van der Waals surface area contributed by atoms with Crippen LogP contribution in [0.15, 0.2) is 0 Å². The third kappa shape index (κ3) is 3.80. The average molecular weight is 249 g/mol. The van der Waals surface area contributed by atoms with Crippen molar-refractivity contribution < 1.29 is 23.1 Å². The van der Waals surface area contributed by atoms with E-state index >= 15 is 0 Å². The Bertz CT molecular complexity index is 389. The number of likely N-dealkylation sites (N-methyl/N-ethyl adjacent to an activating group) is 1. The lowest BCUT2D eigenvalue weighted by Gasteiger charge is -2.16. The summed E-state index contributed by atoms with van der Waals surface area (Å²) in [6.45, 7) is -0.349. The first-order valence-corrected chi connectivity index (χ1v) is 6.78. The number of nitrogens with zero attached hydrogens (tertiary/aromatic N) is 1. The van der Waals surface area contributed by atoms with Crippen LogP contribution < -0.4 is 0 Å². The summed E-state index contributed by atoms with van der Waals surface area (Å²) in [6.07, 6.45) is 0.609. The second-order valence-electron chi connectivity index (χ2n) is 4.12. The van der Waals surface area contributed by atoms with Crippen molar-refractivity contribution in [1.82, 2.24) is 4.90 Å². The molecule has 7 heteroatoms. The molecule has 0 aromatic carbocycles. The molecular weight excluding hydrogens is 234 g/mol. The zero-order valence-corrected chi connectivity index (χ0v) is 9.87. The van der Waals surface area contributed by atoms with E-state index in [2.05, 4.69) is 0 Å². The molecular formula is C9H15NO5S. The van der Waals surface area contributed by atoms with Crippen LogP contribution in [0.2, 0.25) is 0 Å². The van der Waals surface area contributed by atoms with Crippen molar-refractivity contribution in [2.75, 3.05) is 25.1 Å². The summed E-state index contributed by atoms with van der Waals surface area (Å²) in [4.78, 5) is 23.0. The van der Waals surface area contributed by atoms with Crippen molar-refractivity contribution >= 4 is 21.7 Å². The molecule has 0 radical (unpaired) electrons. The number of hydrogen-bond donors (Lipinski definition) is 1. The van der Waals surface area contributed by atoms with Gasteiger partial charge in [-0.25, -0.2) is 8.42 Å². The standard InChI is InChI=1S/C9H15NO5S/c1-10(5-9(12)13)8(11)4-7-2-3-16(14,15)6-7/h7H,2-6H2,1H3,(H,12,13). The number of rotatable bonds is 4. The van der Waals surface area contributed by atoms with Crippen LogP contribution in [0.5, 0.6) is 0 Å². The third-order valence-electron chi connectivity index (χ3n) is 2.59. The summed E-state index contributed by atoms with van der Waals surface area (Å²) >= 11 is 0. The van der Waals surface area contributed by atoms with Crippen LogP contribution in [-0.4, -0.2) is 55.4 Å². The van der Waals surface area contributed by atoms with Gasteiger partial charge in [-0.15, -0.1) is 0 Å². The minimum absolute atomic E-state index is 0.0413. The zero-order chi connectivity index (χ0) is 12.3. The second-order valence-corrected chi connectivity index (χ2v) is 6.35. The van der Waals surface area contributed by atoms with Gasteiger partial charge in [-0.3, -0.25) is 9.59 Å². The normalized spacial score (nSPS) is 22.9. The largest absolute Gasteiger partial charge is 0.480 e. The van der Waals surface area contributed by atoms with Crippen molar-refractivity contribution in [2.24, 2.45) is 5.92 Å². The Balaban J connectivity index is 2.44. The van der Waals surface area contributed by atoms with Gasteiger partial charge in [0.25, 0.3) is 0 Å². The molecule has 1 fully saturated rings. The molecule has 1 aliphatic heterocycles. The van der Waals surface area contributed by atoms with Crippen molar-refractivity contribution in [3.05, 3.63) is 0 Å². The predicted octanol–water partition coefficient (Wildman–Crippen LogP) is -0.646. The van der Waals surface area contributed by atoms with Crippen LogP contribution in [0, 0.1) is 5.92 Å². The van der Waals surface area contributed by atoms with Gasteiger partial charge < -0.3 is 10.0 Å². The molecule has 1 rings (SSSR count). The monoisotopic (exact) mass is 249 g/mol. The van der Waals surface area contributed by atoms with Crippen molar-refractivity contribution in [1.29, 1.82) is 0 Å². The Morgan fingerprint density at radius 1 is 1.44 bits per heavy atom. The van der Waals surface area contributed by atoms with Gasteiger partial charge in [0.2, 0.25) is 5.91 Å². The zero-order valence-electron chi connectivity index (χ0n) is 9.05. The molecule has 0 aliphatic carbocycles. The van der Waals surface area contributed by atoms with Crippen LogP contribution in [0.25, 0.3) is 0 Å². The predicted molar refractivity (Wildman–Crippen MR) is 56.7 cm³/mol. The highest BCUT2D eigenvalue weighted by Crippen LogP contribution is 2.22. The van der Waals surface area contributed by atoms with Crippen LogP contribution in [-0.2, 0) is 19.4 Å². The highest BCUT2D eigenvalue weighted by atomic mass is 32.2. The van der Waals surface area contributed by atoms with E-state index in [1.54, 1.807) is 0 Å². The smallest absolute Gasteiger partial charge is 0.323 e. The van der Waals surface area contributed by atoms with Gasteiger partial charge in [-0.05, 0) is 12.3 Å². The highest BCUT2D eigenvalue weighted by Gasteiger charge is 2.30. The maximum Gasteiger partial charge on any atom is 0.323 e. The Kier molecular flexibility index (Phi) is 3.90. The fourth-order valence-electron chi connectivity index (χ4n) is 1.73. The number of hydrogen-bond acceptors (Lipinski definition) is 4. The number of carboxylic acid groups (broad SMARTS) is 1. The molecule has 1 N–H and O–H groups in total. The number of aliphatic carboxylic acids is 1. The van der Waals surface area contributed by atoms with Crippen molar-refractivity contribution in [3.63, 3.8) is 0 Å². The number of amides is 1. The molecule has 1 aliphatic rings. The molecule has 1 unspecified atom stereocenters. The van der Waals surface area contributed by atoms with Gasteiger partial charge in [0.15, 0.2) is 9.84 Å². The fraction of sp³-hybridized carbons (Fsp3) is 0.778. The quantitative estimate of drug-likeness (QED) is 0.715. The van der Waals surface area contributed by atoms with E-state index in [1.807, 2.05) is 0 Å². The highest BCUT2D eigenvalue weighted by molar-refractivity contribution is 7.91. The van der Waals surface area contributed by atoms with Gasteiger partial charge in [-0.2, -0.15) is 0 Å². The lowest BCUT2D eigenvalue weighted by molar-refractivity contribution is -0.143. The number of carbonyl (C=O) groups excluding carboxylic acids is 1. The molecule has 1 heterocycles. The van der Waals surface area contributed by atoms with Crippen molar-refractivity contribution in [3.8, 4) is 0 Å². The minimum atomic E-state index is -2.98. The first-order valence-electron chi connectivity index (χ1n) is 4.96. The molecule has 0 saturated carbocycles. The molecule has 1 saturated heterocycles. The summed E-state index contributed by atoms with van der Waals surface area (Å²) < 4.78 is 22.3. The van der Waals surface area contributed by atoms with Crippen LogP contribution in [0.4, 0.5) is 0 Å². The topological polar surface area (TPSA) is 91.8 Å². The van der Waals surface area contributed by atoms with Crippen LogP contribution in [0.3, 0.4) is 0 Å². The number of carbonyl (C=O) groups is 2. The Hall–Kier alpha value is -1.11. The summed E-state index contributed by atoms with van der Waals surface area (Å²) in [5.41, 5.74) is 0. The first-order chi connectivity index (χ1) is 7.30. The van der Waals surface area contributed by atoms with E-state index in [0.29, 0.717) is 6.42 Å². The van der Waals surface area contributed by atoms with E-state index in [4.69, 9.17) is 5.11 Å². The molecule has 6 nitrogen and oxygen atoms in total. The Labute approximate surface area is 94.2 Å². The summed E-state index contributed by atoms with van der Waals surface area (Å²) in [5, 5.41) is 8.49. The lowest BCUT2D eigenvalue weighted by atomic mass is 10.0. The van der Waals surface area contributed by atoms with Gasteiger partial charge >= 0.3 is 5.97 Å². The molecule has 92 valence electrons. The molecule has 0 bridgehead atoms. The number of carboxylic acids is 1. The van der Waals surface area contributed by atoms with Gasteiger partial charge in [0, 0.05) is 13.5 Å². The van der Waals surface area contributed by atoms with E-state index in [9.17, 15) is 18.0 Å². The van der Waals surface area contributed by atoms with E-state index in [-0.39, 0.29) is 36.3 Å². The minimum Gasteiger partial charge on any atom is -0.480 e. The van der Waals surface area contributed by atoms with Crippen LogP contribution >= 0.6 is 0 Å². The lowest BCUT2D eigenvalue weighted by Crippen LogP contribution is -2.33. The summed E-state index contributed by atoms with van der Waals surface area (Å²) in [6, 6.07) is 0. The fourth-order valence-corrected chi connectivity index (χ4v) is 3.59. The molecule has 0 aromatic heterocycles. The molecule has 16 heavy (non-hydrogen) atoms. The average Bonchev–Trinajstić information content (AvgIpc) is 2.44. The Morgan fingerprint density at radius 3 is 2.50 bits per heavy atom. The van der Waals surface area contributed by atoms with Crippen LogP contribution in [0.1, 0.15) is 12.8 Å². The SMILES string of the molecule is CN(CC(=O)O)C(=O)CC1CCS(=O)(=O)C1. The van der Waals surface area contributed by atoms with Gasteiger partial charge in [-0.1, -0.05) is 0 Å². The molecule has 0 spiro atoms. The van der Waals surface area contributed by atoms with Gasteiger partial charge in [0.1, 0.15) is 6.54 Å². The summed E-state index contributed by atoms with van der Waals surface area (Å²) in [5.74, 6) is -1.37. The molecule has 0 aromatic rings. The van der Waals surface area contributed by atoms with Crippen molar-refractivity contribution in [2.45, 2.75) is 12.8 Å². The Morgan fingerprint density at radius 2 is 2.06 bits per heavy atom. The first kappa shape index (κ1) is 13.0. The maximum atomic E-state index is 11.5. The third-order valence-corrected chi connectivity index (χ3v) is 4.43. The molecule has 1 amide bonds. The summed E-state index contributed by atoms with van der Waals surface area (Å²) in [7, 11) is -1.57. The number of sulfone groups is 1. The van der Waals surface area contributed by atoms with E-state index < -0.39 is 15.8 Å².